The fourth-order valence-corrected chi connectivity index (χ4v) is 0.512. The first-order valence-corrected chi connectivity index (χ1v) is 3.57. The molecule has 12 heavy (non-hydrogen) atoms. The van der Waals surface area contributed by atoms with Crippen LogP contribution in [0.1, 0.15) is 6.42 Å². The van der Waals surface area contributed by atoms with Gasteiger partial charge >= 0.3 is 5.97 Å². The lowest BCUT2D eigenvalue weighted by atomic mass is 10.3. The molecule has 0 aliphatic heterocycles. The first kappa shape index (κ1) is 10.5. The summed E-state index contributed by atoms with van der Waals surface area (Å²) in [5, 5.41) is 0. The molecule has 0 rings (SSSR count). The van der Waals surface area contributed by atoms with E-state index in [1.54, 1.807) is 12.2 Å². The van der Waals surface area contributed by atoms with Gasteiger partial charge in [-0.25, -0.2) is 4.79 Å². The molecule has 0 radical (unpaired) electrons. The Kier molecular flexibility index (Phi) is 5.43. The van der Waals surface area contributed by atoms with Crippen LogP contribution in [0.4, 0.5) is 0 Å². The number of hydrogen-bond donors (Lipinski definition) is 1. The van der Waals surface area contributed by atoms with Gasteiger partial charge in [-0.05, 0) is 6.42 Å². The Labute approximate surface area is 72.2 Å². The average Bonchev–Trinajstić information content (AvgIpc) is 2.10. The molecule has 0 aliphatic carbocycles. The Morgan fingerprint density at radius 1 is 1.42 bits per heavy atom. The van der Waals surface area contributed by atoms with Crippen molar-refractivity contribution in [2.75, 3.05) is 6.61 Å². The summed E-state index contributed by atoms with van der Waals surface area (Å²) in [6.45, 7) is 7.07. The van der Waals surface area contributed by atoms with Gasteiger partial charge in [0, 0.05) is 0 Å². The van der Waals surface area contributed by atoms with Gasteiger partial charge in [0.2, 0.25) is 0 Å². The molecule has 0 spiro atoms. The highest BCUT2D eigenvalue weighted by Crippen LogP contribution is 1.93. The zero-order valence-electron chi connectivity index (χ0n) is 6.95. The number of hydrogen-bond acceptors (Lipinski definition) is 3. The third-order valence-corrected chi connectivity index (χ3v) is 1.07. The maximum Gasteiger partial charge on any atom is 0.354 e. The number of allylic oxidation sites excluding steroid dienone is 2. The van der Waals surface area contributed by atoms with Crippen LogP contribution < -0.4 is 5.73 Å². The molecule has 0 amide bonds. The van der Waals surface area contributed by atoms with Gasteiger partial charge in [0.25, 0.3) is 0 Å². The molecule has 0 heterocycles. The minimum atomic E-state index is -0.517. The van der Waals surface area contributed by atoms with E-state index in [4.69, 9.17) is 5.73 Å². The fourth-order valence-electron chi connectivity index (χ4n) is 0.512. The lowest BCUT2D eigenvalue weighted by Gasteiger charge is -2.00. The van der Waals surface area contributed by atoms with E-state index in [-0.39, 0.29) is 12.3 Å². The fraction of sp³-hybridized carbons (Fsp3) is 0.222. The van der Waals surface area contributed by atoms with Crippen molar-refractivity contribution in [2.45, 2.75) is 6.42 Å². The molecule has 0 aromatic carbocycles. The Hall–Kier alpha value is -1.51. The van der Waals surface area contributed by atoms with Gasteiger partial charge in [-0.1, -0.05) is 24.8 Å². The highest BCUT2D eigenvalue weighted by Gasteiger charge is 2.03. The molecule has 0 saturated carbocycles. The molecule has 0 atom stereocenters. The zero-order chi connectivity index (χ0) is 9.40. The second-order valence-electron chi connectivity index (χ2n) is 2.07. The molecular formula is C9H13NO2. The van der Waals surface area contributed by atoms with Gasteiger partial charge in [-0.15, -0.1) is 6.58 Å². The van der Waals surface area contributed by atoms with Crippen LogP contribution in [-0.4, -0.2) is 12.6 Å². The summed E-state index contributed by atoms with van der Waals surface area (Å²) in [6.07, 6.45) is 5.25. The normalized spacial score (nSPS) is 10.5. The Morgan fingerprint density at radius 2 is 2.08 bits per heavy atom. The van der Waals surface area contributed by atoms with Gasteiger partial charge in [0.1, 0.15) is 12.3 Å². The third-order valence-electron chi connectivity index (χ3n) is 1.07. The van der Waals surface area contributed by atoms with Gasteiger partial charge in [-0.2, -0.15) is 0 Å². The van der Waals surface area contributed by atoms with E-state index >= 15 is 0 Å². The predicted molar refractivity (Wildman–Crippen MR) is 48.2 cm³/mol. The molecule has 0 aromatic rings. The van der Waals surface area contributed by atoms with Crippen LogP contribution in [0.3, 0.4) is 0 Å². The number of esters is 1. The molecule has 0 unspecified atom stereocenters. The van der Waals surface area contributed by atoms with E-state index in [2.05, 4.69) is 17.9 Å². The van der Waals surface area contributed by atoms with Crippen molar-refractivity contribution in [3.8, 4) is 0 Å². The molecule has 0 saturated heterocycles. The van der Waals surface area contributed by atoms with Crippen molar-refractivity contribution < 1.29 is 9.53 Å². The lowest BCUT2D eigenvalue weighted by molar-refractivity contribution is -0.137. The van der Waals surface area contributed by atoms with Crippen LogP contribution in [-0.2, 0) is 9.53 Å². The van der Waals surface area contributed by atoms with Crippen LogP contribution >= 0.6 is 0 Å². The van der Waals surface area contributed by atoms with E-state index in [0.29, 0.717) is 6.42 Å². The number of nitrogens with two attached hydrogens (primary N) is 1. The Balaban J connectivity index is 3.90. The second kappa shape index (κ2) is 6.22. The second-order valence-corrected chi connectivity index (χ2v) is 2.07. The standard InChI is InChI=1S/C9H13NO2/c1-3-5-6-8(10)9(11)12-7-4-2/h3-4,6H,1-2,5,7,10H2. The van der Waals surface area contributed by atoms with E-state index < -0.39 is 5.97 Å². The predicted octanol–water partition coefficient (Wildman–Crippen LogP) is 1.13. The minimum Gasteiger partial charge on any atom is -0.457 e. The van der Waals surface area contributed by atoms with Gasteiger partial charge in [0.05, 0.1) is 0 Å². The zero-order valence-corrected chi connectivity index (χ0v) is 6.95. The van der Waals surface area contributed by atoms with E-state index in [1.807, 2.05) is 0 Å². The summed E-state index contributed by atoms with van der Waals surface area (Å²) in [4.78, 5) is 10.9. The van der Waals surface area contributed by atoms with Gasteiger partial charge in [0.15, 0.2) is 0 Å². The molecule has 66 valence electrons. The van der Waals surface area contributed by atoms with E-state index in [9.17, 15) is 4.79 Å². The molecular weight excluding hydrogens is 154 g/mol. The highest BCUT2D eigenvalue weighted by molar-refractivity contribution is 5.87. The molecule has 0 aliphatic rings. The number of rotatable bonds is 5. The minimum absolute atomic E-state index is 0.108. The maximum atomic E-state index is 10.9. The van der Waals surface area contributed by atoms with Crippen LogP contribution in [0, 0.1) is 0 Å². The van der Waals surface area contributed by atoms with Crippen LogP contribution in [0.15, 0.2) is 37.1 Å². The maximum absolute atomic E-state index is 10.9. The average molecular weight is 167 g/mol. The summed E-state index contributed by atoms with van der Waals surface area (Å²) >= 11 is 0. The lowest BCUT2D eigenvalue weighted by Crippen LogP contribution is -2.14. The van der Waals surface area contributed by atoms with Crippen molar-refractivity contribution in [1.82, 2.24) is 0 Å². The van der Waals surface area contributed by atoms with Crippen molar-refractivity contribution >= 4 is 5.97 Å². The SMILES string of the molecule is C=CCC=C(N)C(=O)OCC=C. The largest absolute Gasteiger partial charge is 0.457 e. The first-order valence-electron chi connectivity index (χ1n) is 3.57. The number of carbonyl (C=O) groups excluding carboxylic acids is 1. The Bertz CT molecular complexity index is 207. The number of carbonyl (C=O) groups is 1. The Morgan fingerprint density at radius 3 is 2.58 bits per heavy atom. The van der Waals surface area contributed by atoms with Crippen LogP contribution in [0.5, 0.6) is 0 Å². The van der Waals surface area contributed by atoms with Crippen molar-refractivity contribution in [1.29, 1.82) is 0 Å². The number of ether oxygens (including phenoxy) is 1. The summed E-state index contributed by atoms with van der Waals surface area (Å²) in [6, 6.07) is 0. The summed E-state index contributed by atoms with van der Waals surface area (Å²) < 4.78 is 4.67. The van der Waals surface area contributed by atoms with Crippen molar-refractivity contribution in [3.63, 3.8) is 0 Å². The molecule has 3 heteroatoms. The van der Waals surface area contributed by atoms with Crippen molar-refractivity contribution in [2.24, 2.45) is 5.73 Å². The summed E-state index contributed by atoms with van der Waals surface area (Å²) in [7, 11) is 0. The van der Waals surface area contributed by atoms with Crippen molar-refractivity contribution in [3.05, 3.63) is 37.1 Å². The summed E-state index contributed by atoms with van der Waals surface area (Å²) in [5.74, 6) is -0.517. The molecule has 0 aromatic heterocycles. The molecule has 2 N–H and O–H groups in total. The van der Waals surface area contributed by atoms with E-state index in [1.165, 1.54) is 6.08 Å². The van der Waals surface area contributed by atoms with Gasteiger partial charge in [-0.3, -0.25) is 0 Å². The molecule has 0 bridgehead atoms. The highest BCUT2D eigenvalue weighted by atomic mass is 16.5. The molecule has 0 fully saturated rings. The van der Waals surface area contributed by atoms with Crippen LogP contribution in [0.2, 0.25) is 0 Å². The molecule has 3 nitrogen and oxygen atoms in total. The topological polar surface area (TPSA) is 52.3 Å². The van der Waals surface area contributed by atoms with E-state index in [0.717, 1.165) is 0 Å². The van der Waals surface area contributed by atoms with Crippen LogP contribution in [0.25, 0.3) is 0 Å². The smallest absolute Gasteiger partial charge is 0.354 e. The third kappa shape index (κ3) is 4.33. The first-order chi connectivity index (χ1) is 5.72. The van der Waals surface area contributed by atoms with Gasteiger partial charge < -0.3 is 10.5 Å². The summed E-state index contributed by atoms with van der Waals surface area (Å²) in [5.41, 5.74) is 5.46. The monoisotopic (exact) mass is 167 g/mol. The quantitative estimate of drug-likeness (QED) is 0.379.